The van der Waals surface area contributed by atoms with Crippen LogP contribution in [0.1, 0.15) is 21.7 Å². The number of nitrogens with zero attached hydrogens (tertiary/aromatic N) is 2. The van der Waals surface area contributed by atoms with E-state index in [2.05, 4.69) is 10.3 Å². The van der Waals surface area contributed by atoms with Crippen LogP contribution < -0.4 is 15.6 Å². The predicted octanol–water partition coefficient (Wildman–Crippen LogP) is 4.42. The molecular formula is C22H16F4N4O3. The molecule has 0 atom stereocenters. The van der Waals surface area contributed by atoms with E-state index in [4.69, 9.17) is 4.74 Å². The van der Waals surface area contributed by atoms with Gasteiger partial charge in [-0.25, -0.2) is 9.37 Å². The fourth-order valence-corrected chi connectivity index (χ4v) is 3.49. The van der Waals surface area contributed by atoms with Crippen molar-refractivity contribution in [1.29, 1.82) is 0 Å². The molecule has 2 heterocycles. The van der Waals surface area contributed by atoms with Crippen molar-refractivity contribution in [2.24, 2.45) is 0 Å². The van der Waals surface area contributed by atoms with Gasteiger partial charge in [-0.05, 0) is 24.6 Å². The van der Waals surface area contributed by atoms with E-state index in [9.17, 15) is 27.2 Å². The van der Waals surface area contributed by atoms with Gasteiger partial charge in [0, 0.05) is 6.07 Å². The number of anilines is 1. The monoisotopic (exact) mass is 460 g/mol. The van der Waals surface area contributed by atoms with Crippen molar-refractivity contribution in [3.05, 3.63) is 81.7 Å². The number of amides is 1. The van der Waals surface area contributed by atoms with E-state index in [1.165, 1.54) is 32.2 Å². The highest BCUT2D eigenvalue weighted by molar-refractivity contribution is 6.05. The number of aromatic nitrogens is 3. The average Bonchev–Trinajstić information content (AvgIpc) is 3.15. The summed E-state index contributed by atoms with van der Waals surface area (Å²) in [6, 6.07) is 11.0. The molecule has 1 amide bonds. The molecule has 2 N–H and O–H groups in total. The van der Waals surface area contributed by atoms with Gasteiger partial charge in [-0.3, -0.25) is 14.7 Å². The summed E-state index contributed by atoms with van der Waals surface area (Å²) in [5.41, 5.74) is -3.29. The zero-order valence-corrected chi connectivity index (χ0v) is 17.2. The fourth-order valence-electron chi connectivity index (χ4n) is 3.49. The molecule has 7 nitrogen and oxygen atoms in total. The van der Waals surface area contributed by atoms with Crippen LogP contribution in [0.25, 0.3) is 16.8 Å². The lowest BCUT2D eigenvalue weighted by Crippen LogP contribution is -2.29. The highest BCUT2D eigenvalue weighted by Gasteiger charge is 2.38. The van der Waals surface area contributed by atoms with Crippen molar-refractivity contribution in [2.45, 2.75) is 13.1 Å². The number of fused-ring (bicyclic) bond motifs is 1. The smallest absolute Gasteiger partial charge is 0.433 e. The van der Waals surface area contributed by atoms with Gasteiger partial charge in [-0.1, -0.05) is 30.3 Å². The number of carbonyl (C=O) groups is 1. The van der Waals surface area contributed by atoms with Crippen molar-refractivity contribution >= 4 is 17.2 Å². The first-order valence-electron chi connectivity index (χ1n) is 9.54. The van der Waals surface area contributed by atoms with Crippen LogP contribution in [-0.4, -0.2) is 27.6 Å². The summed E-state index contributed by atoms with van der Waals surface area (Å²) in [7, 11) is 1.30. The molecule has 0 radical (unpaired) electrons. The van der Waals surface area contributed by atoms with E-state index in [-0.39, 0.29) is 33.9 Å². The molecule has 0 unspecified atom stereocenters. The van der Waals surface area contributed by atoms with Gasteiger partial charge >= 0.3 is 6.18 Å². The molecule has 0 spiro atoms. The number of H-pyrrole nitrogens is 1. The Morgan fingerprint density at radius 2 is 1.85 bits per heavy atom. The number of hydrogen-bond donors (Lipinski definition) is 2. The zero-order chi connectivity index (χ0) is 23.9. The third-order valence-corrected chi connectivity index (χ3v) is 4.94. The molecule has 2 aromatic heterocycles. The Morgan fingerprint density at radius 3 is 2.48 bits per heavy atom. The van der Waals surface area contributed by atoms with Gasteiger partial charge in [0.2, 0.25) is 0 Å². The fraction of sp³-hybridized carbons (Fsp3) is 0.136. The molecule has 4 aromatic rings. The standard InChI is InChI=1S/C22H16F4N4O3/c1-11-16(20(31)28-14-10-13(23)8-9-15(14)33-2)21(32)30-19(27-11)17(12-6-4-3-5-7-12)18(29-30)22(24,25)26/h3-10,29H,1-2H3,(H,28,31). The number of nitrogens with one attached hydrogen (secondary N) is 2. The summed E-state index contributed by atoms with van der Waals surface area (Å²) in [6.45, 7) is 1.33. The average molecular weight is 460 g/mol. The van der Waals surface area contributed by atoms with Crippen LogP contribution in [-0.2, 0) is 6.18 Å². The third-order valence-electron chi connectivity index (χ3n) is 4.94. The Hall–Kier alpha value is -4.15. The number of methoxy groups -OCH3 is 1. The lowest BCUT2D eigenvalue weighted by Gasteiger charge is -2.11. The second-order valence-electron chi connectivity index (χ2n) is 7.06. The molecule has 0 aliphatic heterocycles. The number of rotatable bonds is 4. The molecule has 33 heavy (non-hydrogen) atoms. The van der Waals surface area contributed by atoms with Crippen LogP contribution in [0.15, 0.2) is 53.3 Å². The van der Waals surface area contributed by atoms with Crippen LogP contribution in [0, 0.1) is 12.7 Å². The van der Waals surface area contributed by atoms with Gasteiger partial charge in [-0.15, -0.1) is 0 Å². The number of aromatic amines is 1. The number of benzene rings is 2. The maximum absolute atomic E-state index is 13.8. The number of hydrogen-bond acceptors (Lipinski definition) is 4. The summed E-state index contributed by atoms with van der Waals surface area (Å²) < 4.78 is 60.6. The highest BCUT2D eigenvalue weighted by atomic mass is 19.4. The minimum atomic E-state index is -4.82. The Balaban J connectivity index is 1.90. The maximum atomic E-state index is 13.8. The van der Waals surface area contributed by atoms with E-state index >= 15 is 0 Å². The normalized spacial score (nSPS) is 11.6. The molecular weight excluding hydrogens is 444 g/mol. The van der Waals surface area contributed by atoms with Crippen molar-refractivity contribution < 1.29 is 27.1 Å². The zero-order valence-electron chi connectivity index (χ0n) is 17.2. The van der Waals surface area contributed by atoms with Crippen LogP contribution in [0.3, 0.4) is 0 Å². The topological polar surface area (TPSA) is 88.5 Å². The van der Waals surface area contributed by atoms with E-state index in [1.54, 1.807) is 18.2 Å². The number of halogens is 4. The summed E-state index contributed by atoms with van der Waals surface area (Å²) in [5.74, 6) is -1.52. The van der Waals surface area contributed by atoms with E-state index in [0.717, 1.165) is 12.1 Å². The van der Waals surface area contributed by atoms with Crippen LogP contribution >= 0.6 is 0 Å². The number of aryl methyl sites for hydroxylation is 1. The van der Waals surface area contributed by atoms with E-state index in [1.807, 2.05) is 5.10 Å². The van der Waals surface area contributed by atoms with Crippen LogP contribution in [0.5, 0.6) is 5.75 Å². The van der Waals surface area contributed by atoms with Crippen molar-refractivity contribution in [3.63, 3.8) is 0 Å². The first kappa shape index (κ1) is 22.1. The predicted molar refractivity (Wildman–Crippen MR) is 112 cm³/mol. The van der Waals surface area contributed by atoms with Gasteiger partial charge in [0.05, 0.1) is 24.1 Å². The Labute approximate surface area is 183 Å². The first-order chi connectivity index (χ1) is 15.6. The highest BCUT2D eigenvalue weighted by Crippen LogP contribution is 2.38. The van der Waals surface area contributed by atoms with Crippen molar-refractivity contribution in [2.75, 3.05) is 12.4 Å². The minimum Gasteiger partial charge on any atom is -0.495 e. The molecule has 0 fully saturated rings. The largest absolute Gasteiger partial charge is 0.495 e. The van der Waals surface area contributed by atoms with Gasteiger partial charge < -0.3 is 10.1 Å². The molecule has 0 bridgehead atoms. The maximum Gasteiger partial charge on any atom is 0.433 e. The van der Waals surface area contributed by atoms with Crippen LogP contribution in [0.4, 0.5) is 23.2 Å². The van der Waals surface area contributed by atoms with E-state index < -0.39 is 34.7 Å². The molecule has 4 rings (SSSR count). The van der Waals surface area contributed by atoms with Crippen molar-refractivity contribution in [1.82, 2.24) is 14.6 Å². The lowest BCUT2D eigenvalue weighted by molar-refractivity contribution is -0.140. The Bertz CT molecular complexity index is 1430. The molecule has 0 saturated heterocycles. The quantitative estimate of drug-likeness (QED) is 0.442. The first-order valence-corrected chi connectivity index (χ1v) is 9.54. The van der Waals surface area contributed by atoms with Crippen LogP contribution in [0.2, 0.25) is 0 Å². The second kappa shape index (κ2) is 8.08. The molecule has 0 aliphatic carbocycles. The van der Waals surface area contributed by atoms with Gasteiger partial charge in [0.25, 0.3) is 11.5 Å². The SMILES string of the molecule is COc1ccc(F)cc1NC(=O)c1c(C)nc2c(-c3ccccc3)c(C(F)(F)F)[nH]n2c1=O. The Kier molecular flexibility index (Phi) is 5.40. The number of ether oxygens (including phenoxy) is 1. The minimum absolute atomic E-state index is 0.0566. The summed E-state index contributed by atoms with van der Waals surface area (Å²) in [5, 5.41) is 4.40. The summed E-state index contributed by atoms with van der Waals surface area (Å²) >= 11 is 0. The van der Waals surface area contributed by atoms with Gasteiger partial charge in [-0.2, -0.15) is 17.7 Å². The lowest BCUT2D eigenvalue weighted by atomic mass is 10.1. The number of alkyl halides is 3. The second-order valence-corrected chi connectivity index (χ2v) is 7.06. The molecule has 11 heteroatoms. The molecule has 0 aliphatic rings. The summed E-state index contributed by atoms with van der Waals surface area (Å²) in [4.78, 5) is 30.1. The van der Waals surface area contributed by atoms with Gasteiger partial charge in [0.1, 0.15) is 22.8 Å². The van der Waals surface area contributed by atoms with E-state index in [0.29, 0.717) is 4.52 Å². The van der Waals surface area contributed by atoms with Crippen molar-refractivity contribution in [3.8, 4) is 16.9 Å². The summed E-state index contributed by atoms with van der Waals surface area (Å²) in [6.07, 6.45) is -4.82. The third kappa shape index (κ3) is 3.93. The molecule has 170 valence electrons. The number of carbonyl (C=O) groups excluding carboxylic acids is 1. The Morgan fingerprint density at radius 1 is 1.15 bits per heavy atom. The molecule has 2 aromatic carbocycles. The van der Waals surface area contributed by atoms with Gasteiger partial charge in [0.15, 0.2) is 5.65 Å². The molecule has 0 saturated carbocycles.